The summed E-state index contributed by atoms with van der Waals surface area (Å²) in [5.41, 5.74) is 1.35. The van der Waals surface area contributed by atoms with Crippen LogP contribution in [0.1, 0.15) is 16.7 Å². The lowest BCUT2D eigenvalue weighted by Gasteiger charge is -2.27. The summed E-state index contributed by atoms with van der Waals surface area (Å²) in [7, 11) is 1.62. The van der Waals surface area contributed by atoms with Crippen molar-refractivity contribution in [3.8, 4) is 11.5 Å². The van der Waals surface area contributed by atoms with Gasteiger partial charge in [-0.25, -0.2) is 0 Å². The molecular weight excluding hydrogens is 331 g/mol. The number of para-hydroxylation sites is 1. The molecule has 3 rings (SSSR count). The molecule has 3 nitrogen and oxygen atoms in total. The van der Waals surface area contributed by atoms with Crippen molar-refractivity contribution in [2.45, 2.75) is 25.1 Å². The summed E-state index contributed by atoms with van der Waals surface area (Å²) in [6.45, 7) is 1.22. The first-order chi connectivity index (χ1) is 12.0. The molecule has 0 saturated heterocycles. The Hall–Kier alpha value is -2.21. The van der Waals surface area contributed by atoms with Gasteiger partial charge in [0.2, 0.25) is 0 Å². The Bertz CT molecular complexity index is 714. The van der Waals surface area contributed by atoms with Crippen molar-refractivity contribution in [1.29, 1.82) is 0 Å². The number of halogens is 3. The molecule has 1 heterocycles. The second-order valence-corrected chi connectivity index (χ2v) is 6.06. The lowest BCUT2D eigenvalue weighted by atomic mass is 10.0. The fourth-order valence-corrected chi connectivity index (χ4v) is 2.97. The fraction of sp³-hybridized carbons (Fsp3) is 0.368. The van der Waals surface area contributed by atoms with E-state index in [1.54, 1.807) is 7.11 Å². The van der Waals surface area contributed by atoms with Gasteiger partial charge in [-0.1, -0.05) is 24.3 Å². The Morgan fingerprint density at radius 2 is 1.92 bits per heavy atom. The van der Waals surface area contributed by atoms with Crippen LogP contribution in [0.2, 0.25) is 0 Å². The van der Waals surface area contributed by atoms with Gasteiger partial charge in [-0.15, -0.1) is 0 Å². The molecule has 0 aliphatic carbocycles. The molecule has 0 radical (unpaired) electrons. The van der Waals surface area contributed by atoms with Crippen LogP contribution < -0.4 is 14.8 Å². The summed E-state index contributed by atoms with van der Waals surface area (Å²) in [4.78, 5) is 0. The van der Waals surface area contributed by atoms with Gasteiger partial charge in [0.1, 0.15) is 6.61 Å². The Labute approximate surface area is 144 Å². The van der Waals surface area contributed by atoms with Gasteiger partial charge in [0.15, 0.2) is 11.5 Å². The number of ether oxygens (including phenoxy) is 2. The number of hydrogen-bond donors (Lipinski definition) is 1. The third-order valence-corrected chi connectivity index (χ3v) is 4.30. The number of methoxy groups -OCH3 is 1. The molecule has 134 valence electrons. The van der Waals surface area contributed by atoms with E-state index in [1.807, 2.05) is 18.2 Å². The summed E-state index contributed by atoms with van der Waals surface area (Å²) < 4.78 is 48.8. The number of hydrogen-bond acceptors (Lipinski definition) is 3. The largest absolute Gasteiger partial charge is 0.493 e. The van der Waals surface area contributed by atoms with Crippen molar-refractivity contribution in [2.24, 2.45) is 0 Å². The first-order valence-corrected chi connectivity index (χ1v) is 8.15. The standard InChI is InChI=1S/C19H20F3NO2/c1-24-17-4-2-3-14-11-16(12-25-18(14)17)23-10-9-13-5-7-15(8-6-13)19(20,21)22/h2-8,16,23H,9-12H2,1H3/t16-/m0/s1. The van der Waals surface area contributed by atoms with E-state index in [-0.39, 0.29) is 6.04 Å². The van der Waals surface area contributed by atoms with Crippen LogP contribution in [-0.2, 0) is 19.0 Å². The van der Waals surface area contributed by atoms with Crippen molar-refractivity contribution >= 4 is 0 Å². The van der Waals surface area contributed by atoms with Crippen molar-refractivity contribution in [3.05, 3.63) is 59.2 Å². The third-order valence-electron chi connectivity index (χ3n) is 4.30. The maximum absolute atomic E-state index is 12.6. The van der Waals surface area contributed by atoms with Crippen LogP contribution in [0.3, 0.4) is 0 Å². The highest BCUT2D eigenvalue weighted by Gasteiger charge is 2.29. The summed E-state index contributed by atoms with van der Waals surface area (Å²) in [5, 5.41) is 3.41. The molecule has 0 unspecified atom stereocenters. The summed E-state index contributed by atoms with van der Waals surface area (Å²) >= 11 is 0. The van der Waals surface area contributed by atoms with Gasteiger partial charge in [0.05, 0.1) is 12.7 Å². The maximum atomic E-state index is 12.6. The van der Waals surface area contributed by atoms with Crippen LogP contribution in [0.15, 0.2) is 42.5 Å². The van der Waals surface area contributed by atoms with Crippen LogP contribution in [0.5, 0.6) is 11.5 Å². The van der Waals surface area contributed by atoms with E-state index < -0.39 is 11.7 Å². The minimum Gasteiger partial charge on any atom is -0.493 e. The van der Waals surface area contributed by atoms with Gasteiger partial charge in [0.25, 0.3) is 0 Å². The molecular formula is C19H20F3NO2. The van der Waals surface area contributed by atoms with E-state index in [9.17, 15) is 13.2 Å². The van der Waals surface area contributed by atoms with Crippen molar-refractivity contribution in [2.75, 3.05) is 20.3 Å². The molecule has 0 amide bonds. The number of rotatable bonds is 5. The Morgan fingerprint density at radius 3 is 2.60 bits per heavy atom. The molecule has 6 heteroatoms. The molecule has 2 aromatic rings. The molecule has 1 aliphatic rings. The van der Waals surface area contributed by atoms with E-state index >= 15 is 0 Å². The first-order valence-electron chi connectivity index (χ1n) is 8.15. The minimum absolute atomic E-state index is 0.175. The van der Waals surface area contributed by atoms with Crippen molar-refractivity contribution in [3.63, 3.8) is 0 Å². The highest BCUT2D eigenvalue weighted by atomic mass is 19.4. The van der Waals surface area contributed by atoms with Crippen LogP contribution in [0.4, 0.5) is 13.2 Å². The van der Waals surface area contributed by atoms with E-state index in [4.69, 9.17) is 9.47 Å². The molecule has 0 aromatic heterocycles. The Morgan fingerprint density at radius 1 is 1.16 bits per heavy atom. The minimum atomic E-state index is -4.29. The lowest BCUT2D eigenvalue weighted by molar-refractivity contribution is -0.137. The molecule has 1 N–H and O–H groups in total. The smallest absolute Gasteiger partial charge is 0.416 e. The normalized spacial score (nSPS) is 16.9. The highest BCUT2D eigenvalue weighted by Crippen LogP contribution is 2.34. The van der Waals surface area contributed by atoms with Gasteiger partial charge in [0, 0.05) is 6.04 Å². The summed E-state index contributed by atoms with van der Waals surface area (Å²) in [5.74, 6) is 1.53. The number of alkyl halides is 3. The average molecular weight is 351 g/mol. The monoisotopic (exact) mass is 351 g/mol. The van der Waals surface area contributed by atoms with E-state index in [2.05, 4.69) is 5.32 Å². The predicted molar refractivity (Wildman–Crippen MR) is 89.1 cm³/mol. The van der Waals surface area contributed by atoms with Crippen molar-refractivity contribution in [1.82, 2.24) is 5.32 Å². The van der Waals surface area contributed by atoms with Gasteiger partial charge in [-0.2, -0.15) is 13.2 Å². The molecule has 0 saturated carbocycles. The molecule has 0 fully saturated rings. The zero-order chi connectivity index (χ0) is 17.9. The second kappa shape index (κ2) is 7.35. The molecule has 25 heavy (non-hydrogen) atoms. The topological polar surface area (TPSA) is 30.5 Å². The average Bonchev–Trinajstić information content (AvgIpc) is 2.60. The summed E-state index contributed by atoms with van der Waals surface area (Å²) in [6, 6.07) is 11.3. The molecule has 1 atom stereocenters. The van der Waals surface area contributed by atoms with Crippen LogP contribution >= 0.6 is 0 Å². The van der Waals surface area contributed by atoms with Gasteiger partial charge in [-0.05, 0) is 48.7 Å². The molecule has 0 spiro atoms. The van der Waals surface area contributed by atoms with Crippen LogP contribution in [-0.4, -0.2) is 26.3 Å². The molecule has 1 aliphatic heterocycles. The highest BCUT2D eigenvalue weighted by molar-refractivity contribution is 5.48. The Balaban J connectivity index is 1.51. The van der Waals surface area contributed by atoms with Crippen LogP contribution in [0.25, 0.3) is 0 Å². The zero-order valence-electron chi connectivity index (χ0n) is 13.9. The van der Waals surface area contributed by atoms with E-state index in [0.717, 1.165) is 41.2 Å². The zero-order valence-corrected chi connectivity index (χ0v) is 13.9. The quantitative estimate of drug-likeness (QED) is 0.888. The van der Waals surface area contributed by atoms with E-state index in [1.165, 1.54) is 12.1 Å². The fourth-order valence-electron chi connectivity index (χ4n) is 2.97. The SMILES string of the molecule is COc1cccc2c1OC[C@@H](NCCc1ccc(C(F)(F)F)cc1)C2. The maximum Gasteiger partial charge on any atom is 0.416 e. The first kappa shape index (κ1) is 17.6. The Kier molecular flexibility index (Phi) is 5.18. The number of nitrogens with one attached hydrogen (secondary N) is 1. The molecule has 0 bridgehead atoms. The number of benzene rings is 2. The van der Waals surface area contributed by atoms with Crippen LogP contribution in [0, 0.1) is 0 Å². The predicted octanol–water partition coefficient (Wildman–Crippen LogP) is 3.85. The summed E-state index contributed by atoms with van der Waals surface area (Å²) in [6.07, 6.45) is -2.79. The van der Waals surface area contributed by atoms with Gasteiger partial charge >= 0.3 is 6.18 Å². The lowest BCUT2D eigenvalue weighted by Crippen LogP contribution is -2.40. The van der Waals surface area contributed by atoms with Gasteiger partial charge < -0.3 is 14.8 Å². The van der Waals surface area contributed by atoms with Gasteiger partial charge in [-0.3, -0.25) is 0 Å². The molecule has 2 aromatic carbocycles. The second-order valence-electron chi connectivity index (χ2n) is 6.06. The third kappa shape index (κ3) is 4.25. The number of fused-ring (bicyclic) bond motifs is 1. The van der Waals surface area contributed by atoms with Crippen molar-refractivity contribution < 1.29 is 22.6 Å². The van der Waals surface area contributed by atoms with E-state index in [0.29, 0.717) is 19.6 Å².